The van der Waals surface area contributed by atoms with Gasteiger partial charge in [-0.15, -0.1) is 12.4 Å². The molecular weight excluding hydrogens is 241 g/mol. The first-order valence-electron chi connectivity index (χ1n) is 5.59. The van der Waals surface area contributed by atoms with Crippen LogP contribution in [0.4, 0.5) is 13.2 Å². The van der Waals surface area contributed by atoms with Gasteiger partial charge in [0.25, 0.3) is 0 Å². The topological polar surface area (TPSA) is 15.3 Å². The highest BCUT2D eigenvalue weighted by molar-refractivity contribution is 5.85. The van der Waals surface area contributed by atoms with Crippen molar-refractivity contribution in [2.45, 2.75) is 43.9 Å². The summed E-state index contributed by atoms with van der Waals surface area (Å²) in [6.07, 6.45) is -0.452. The molecule has 0 amide bonds. The Morgan fingerprint density at radius 3 is 1.94 bits per heavy atom. The molecule has 0 unspecified atom stereocenters. The van der Waals surface area contributed by atoms with Crippen LogP contribution < -0.4 is 5.32 Å². The van der Waals surface area contributed by atoms with Crippen LogP contribution in [0.3, 0.4) is 0 Å². The van der Waals surface area contributed by atoms with Crippen LogP contribution >= 0.6 is 12.4 Å². The van der Waals surface area contributed by atoms with E-state index in [1.54, 1.807) is 4.90 Å². The first-order chi connectivity index (χ1) is 7.06. The molecule has 1 aliphatic carbocycles. The van der Waals surface area contributed by atoms with E-state index in [2.05, 4.69) is 5.32 Å². The van der Waals surface area contributed by atoms with Crippen molar-refractivity contribution in [3.05, 3.63) is 0 Å². The van der Waals surface area contributed by atoms with E-state index in [0.717, 1.165) is 38.8 Å². The van der Waals surface area contributed by atoms with Crippen LogP contribution in [0, 0.1) is 0 Å². The number of alkyl halides is 3. The van der Waals surface area contributed by atoms with Crippen LogP contribution in [-0.4, -0.2) is 42.8 Å². The maximum absolute atomic E-state index is 12.4. The van der Waals surface area contributed by atoms with Gasteiger partial charge < -0.3 is 5.32 Å². The molecule has 1 saturated carbocycles. The van der Waals surface area contributed by atoms with Crippen LogP contribution in [0.15, 0.2) is 0 Å². The van der Waals surface area contributed by atoms with Gasteiger partial charge in [-0.25, -0.2) is 0 Å². The maximum Gasteiger partial charge on any atom is 0.401 e. The zero-order valence-electron chi connectivity index (χ0n) is 9.09. The number of nitrogens with zero attached hydrogens (tertiary/aromatic N) is 1. The van der Waals surface area contributed by atoms with Crippen molar-refractivity contribution in [1.29, 1.82) is 0 Å². The van der Waals surface area contributed by atoms with Crippen LogP contribution in [0.5, 0.6) is 0 Å². The van der Waals surface area contributed by atoms with Crippen molar-refractivity contribution in [2.24, 2.45) is 0 Å². The SMILES string of the molecule is Cl.FC(F)(F)CN(C1CCNCC1)C1CC1. The molecule has 2 fully saturated rings. The molecule has 16 heavy (non-hydrogen) atoms. The molecular formula is C10H18ClF3N2. The lowest BCUT2D eigenvalue weighted by molar-refractivity contribution is -0.153. The standard InChI is InChI=1S/C10H17F3N2.ClH/c11-10(12,13)7-15(8-1-2-8)9-3-5-14-6-4-9;/h8-9,14H,1-7H2;1H. The predicted molar refractivity (Wildman–Crippen MR) is 58.9 cm³/mol. The van der Waals surface area contributed by atoms with E-state index in [4.69, 9.17) is 0 Å². The second-order valence-electron chi connectivity index (χ2n) is 4.50. The van der Waals surface area contributed by atoms with Gasteiger partial charge in [0.15, 0.2) is 0 Å². The van der Waals surface area contributed by atoms with Crippen molar-refractivity contribution in [1.82, 2.24) is 10.2 Å². The van der Waals surface area contributed by atoms with Gasteiger partial charge in [0.1, 0.15) is 0 Å². The highest BCUT2D eigenvalue weighted by Gasteiger charge is 2.41. The van der Waals surface area contributed by atoms with Crippen molar-refractivity contribution in [3.63, 3.8) is 0 Å². The van der Waals surface area contributed by atoms with Gasteiger partial charge in [-0.05, 0) is 38.8 Å². The third kappa shape index (κ3) is 4.11. The molecule has 2 aliphatic rings. The molecule has 1 N–H and O–H groups in total. The monoisotopic (exact) mass is 258 g/mol. The zero-order chi connectivity index (χ0) is 10.9. The molecule has 0 aromatic rings. The van der Waals surface area contributed by atoms with Crippen molar-refractivity contribution >= 4 is 12.4 Å². The highest BCUT2D eigenvalue weighted by atomic mass is 35.5. The van der Waals surface area contributed by atoms with E-state index in [-0.39, 0.29) is 24.5 Å². The Hall–Kier alpha value is -0.0000000000000000416. The third-order valence-electron chi connectivity index (χ3n) is 3.16. The van der Waals surface area contributed by atoms with Crippen LogP contribution in [0.2, 0.25) is 0 Å². The van der Waals surface area contributed by atoms with E-state index in [9.17, 15) is 13.2 Å². The maximum atomic E-state index is 12.4. The number of piperidine rings is 1. The minimum Gasteiger partial charge on any atom is -0.317 e. The largest absolute Gasteiger partial charge is 0.401 e. The van der Waals surface area contributed by atoms with Crippen LogP contribution in [0.1, 0.15) is 25.7 Å². The number of halogens is 4. The molecule has 0 aromatic heterocycles. The lowest BCUT2D eigenvalue weighted by atomic mass is 10.0. The lowest BCUT2D eigenvalue weighted by Gasteiger charge is -2.35. The van der Waals surface area contributed by atoms with Gasteiger partial charge >= 0.3 is 6.18 Å². The molecule has 0 radical (unpaired) electrons. The molecule has 0 bridgehead atoms. The average Bonchev–Trinajstić information content (AvgIpc) is 2.97. The summed E-state index contributed by atoms with van der Waals surface area (Å²) in [4.78, 5) is 1.68. The fraction of sp³-hybridized carbons (Fsp3) is 1.00. The number of hydrogen-bond donors (Lipinski definition) is 1. The van der Waals surface area contributed by atoms with Gasteiger partial charge in [0.2, 0.25) is 0 Å². The van der Waals surface area contributed by atoms with Crippen LogP contribution in [-0.2, 0) is 0 Å². The summed E-state index contributed by atoms with van der Waals surface area (Å²) in [6, 6.07) is 0.343. The molecule has 2 nitrogen and oxygen atoms in total. The molecule has 2 rings (SSSR count). The molecule has 1 saturated heterocycles. The summed E-state index contributed by atoms with van der Waals surface area (Å²) in [6.45, 7) is 0.986. The summed E-state index contributed by atoms with van der Waals surface area (Å²) >= 11 is 0. The lowest BCUT2D eigenvalue weighted by Crippen LogP contribution is -2.47. The fourth-order valence-corrected chi connectivity index (χ4v) is 2.31. The molecule has 0 aromatic carbocycles. The number of rotatable bonds is 3. The quantitative estimate of drug-likeness (QED) is 0.835. The summed E-state index contributed by atoms with van der Waals surface area (Å²) in [5.74, 6) is 0. The summed E-state index contributed by atoms with van der Waals surface area (Å²) in [5.41, 5.74) is 0. The average molecular weight is 259 g/mol. The van der Waals surface area contributed by atoms with E-state index in [0.29, 0.717) is 0 Å². The Bertz CT molecular complexity index is 213. The first kappa shape index (κ1) is 14.1. The van der Waals surface area contributed by atoms with Crippen molar-refractivity contribution in [2.75, 3.05) is 19.6 Å². The summed E-state index contributed by atoms with van der Waals surface area (Å²) < 4.78 is 37.2. The minimum absolute atomic E-state index is 0. The Labute approximate surface area is 100.0 Å². The number of nitrogens with one attached hydrogen (secondary N) is 1. The molecule has 6 heteroatoms. The van der Waals surface area contributed by atoms with Gasteiger partial charge in [0.05, 0.1) is 6.54 Å². The van der Waals surface area contributed by atoms with Crippen LogP contribution in [0.25, 0.3) is 0 Å². The Kier molecular flexibility index (Phi) is 4.88. The Morgan fingerprint density at radius 1 is 1.00 bits per heavy atom. The van der Waals surface area contributed by atoms with Crippen molar-refractivity contribution in [3.8, 4) is 0 Å². The molecule has 0 spiro atoms. The second-order valence-corrected chi connectivity index (χ2v) is 4.50. The zero-order valence-corrected chi connectivity index (χ0v) is 9.91. The smallest absolute Gasteiger partial charge is 0.317 e. The molecule has 0 atom stereocenters. The van der Waals surface area contributed by atoms with E-state index in [1.165, 1.54) is 0 Å². The van der Waals surface area contributed by atoms with Gasteiger partial charge in [0, 0.05) is 12.1 Å². The second kappa shape index (κ2) is 5.56. The predicted octanol–water partition coefficient (Wildman–Crippen LogP) is 2.19. The fourth-order valence-electron chi connectivity index (χ4n) is 2.31. The normalized spacial score (nSPS) is 23.2. The molecule has 96 valence electrons. The first-order valence-corrected chi connectivity index (χ1v) is 5.59. The summed E-state index contributed by atoms with van der Waals surface area (Å²) in [7, 11) is 0. The van der Waals surface area contributed by atoms with Gasteiger partial charge in [-0.3, -0.25) is 4.90 Å². The number of hydrogen-bond acceptors (Lipinski definition) is 2. The highest BCUT2D eigenvalue weighted by Crippen LogP contribution is 2.33. The van der Waals surface area contributed by atoms with E-state index in [1.807, 2.05) is 0 Å². The van der Waals surface area contributed by atoms with Gasteiger partial charge in [-0.1, -0.05) is 0 Å². The Morgan fingerprint density at radius 2 is 1.50 bits per heavy atom. The summed E-state index contributed by atoms with van der Waals surface area (Å²) in [5, 5.41) is 3.18. The molecule has 1 aliphatic heterocycles. The van der Waals surface area contributed by atoms with Crippen molar-refractivity contribution < 1.29 is 13.2 Å². The third-order valence-corrected chi connectivity index (χ3v) is 3.16. The van der Waals surface area contributed by atoms with Gasteiger partial charge in [-0.2, -0.15) is 13.2 Å². The van der Waals surface area contributed by atoms with E-state index < -0.39 is 12.7 Å². The van der Waals surface area contributed by atoms with E-state index >= 15 is 0 Å². The Balaban J connectivity index is 0.00000128. The molecule has 1 heterocycles. The minimum atomic E-state index is -4.05.